The molecule has 0 aromatic carbocycles. The molecule has 1 aliphatic carbocycles. The Morgan fingerprint density at radius 2 is 2.05 bits per heavy atom. The van der Waals surface area contributed by atoms with Crippen LogP contribution in [-0.4, -0.2) is 24.6 Å². The molecule has 0 unspecified atom stereocenters. The molecule has 0 saturated heterocycles. The highest BCUT2D eigenvalue weighted by atomic mass is 35.5. The van der Waals surface area contributed by atoms with Crippen molar-refractivity contribution < 1.29 is 0 Å². The zero-order valence-electron chi connectivity index (χ0n) is 13.7. The second-order valence-electron chi connectivity index (χ2n) is 6.92. The van der Waals surface area contributed by atoms with Crippen molar-refractivity contribution in [3.05, 3.63) is 22.8 Å². The van der Waals surface area contributed by atoms with Crippen LogP contribution < -0.4 is 10.2 Å². The summed E-state index contributed by atoms with van der Waals surface area (Å²) in [4.78, 5) is 6.86. The van der Waals surface area contributed by atoms with E-state index in [0.717, 1.165) is 29.5 Å². The van der Waals surface area contributed by atoms with Crippen LogP contribution in [-0.2, 0) is 6.54 Å². The summed E-state index contributed by atoms with van der Waals surface area (Å²) in [6.07, 6.45) is 6.86. The van der Waals surface area contributed by atoms with Gasteiger partial charge in [0.2, 0.25) is 0 Å². The zero-order chi connectivity index (χ0) is 15.5. The van der Waals surface area contributed by atoms with Crippen molar-refractivity contribution in [2.24, 2.45) is 5.41 Å². The van der Waals surface area contributed by atoms with E-state index in [1.165, 1.54) is 25.7 Å². The molecule has 0 spiro atoms. The van der Waals surface area contributed by atoms with E-state index >= 15 is 0 Å². The topological polar surface area (TPSA) is 28.2 Å². The number of anilines is 1. The molecule has 1 fully saturated rings. The van der Waals surface area contributed by atoms with E-state index in [0.29, 0.717) is 11.5 Å². The fraction of sp³-hybridized carbons (Fsp3) is 0.706. The third-order valence-corrected chi connectivity index (χ3v) is 5.04. The van der Waals surface area contributed by atoms with Crippen molar-refractivity contribution in [2.75, 3.05) is 18.5 Å². The minimum absolute atomic E-state index is 0.501. The van der Waals surface area contributed by atoms with Crippen molar-refractivity contribution >= 4 is 17.4 Å². The van der Waals surface area contributed by atoms with E-state index in [9.17, 15) is 0 Å². The summed E-state index contributed by atoms with van der Waals surface area (Å²) in [5.74, 6) is 1.04. The van der Waals surface area contributed by atoms with Crippen molar-refractivity contribution in [3.63, 3.8) is 0 Å². The van der Waals surface area contributed by atoms with Gasteiger partial charge in [-0.1, -0.05) is 32.4 Å². The van der Waals surface area contributed by atoms with Gasteiger partial charge in [0, 0.05) is 25.8 Å². The SMILES string of the molecule is CCNCc1cc(N(C)C2CCC(C)(C)CC2)ncc1Cl. The van der Waals surface area contributed by atoms with Gasteiger partial charge in [-0.05, 0) is 49.3 Å². The molecule has 1 aliphatic rings. The lowest BCUT2D eigenvalue weighted by molar-refractivity contribution is 0.222. The van der Waals surface area contributed by atoms with Crippen LogP contribution in [0.5, 0.6) is 0 Å². The third-order valence-electron chi connectivity index (χ3n) is 4.70. The van der Waals surface area contributed by atoms with Crippen molar-refractivity contribution in [2.45, 2.75) is 59.0 Å². The number of nitrogens with zero attached hydrogens (tertiary/aromatic N) is 2. The molecule has 0 bridgehead atoms. The first-order valence-corrected chi connectivity index (χ1v) is 8.39. The molecule has 1 saturated carbocycles. The average Bonchev–Trinajstić information content (AvgIpc) is 2.46. The van der Waals surface area contributed by atoms with Gasteiger partial charge >= 0.3 is 0 Å². The highest BCUT2D eigenvalue weighted by molar-refractivity contribution is 6.31. The van der Waals surface area contributed by atoms with E-state index in [2.05, 4.69) is 49.1 Å². The molecule has 0 atom stereocenters. The Hall–Kier alpha value is -0.800. The predicted octanol–water partition coefficient (Wildman–Crippen LogP) is 4.25. The summed E-state index contributed by atoms with van der Waals surface area (Å²) in [5.41, 5.74) is 1.63. The summed E-state index contributed by atoms with van der Waals surface area (Å²) >= 11 is 6.24. The van der Waals surface area contributed by atoms with Crippen LogP contribution in [0.4, 0.5) is 5.82 Å². The van der Waals surface area contributed by atoms with Gasteiger partial charge in [-0.2, -0.15) is 0 Å². The minimum Gasteiger partial charge on any atom is -0.357 e. The molecule has 3 nitrogen and oxygen atoms in total. The quantitative estimate of drug-likeness (QED) is 0.881. The maximum atomic E-state index is 6.24. The first-order chi connectivity index (χ1) is 9.93. The molecule has 1 aromatic rings. The molecule has 1 aromatic heterocycles. The van der Waals surface area contributed by atoms with Crippen LogP contribution in [0.3, 0.4) is 0 Å². The number of halogens is 1. The lowest BCUT2D eigenvalue weighted by Crippen LogP contribution is -2.37. The normalized spacial score (nSPS) is 18.7. The summed E-state index contributed by atoms with van der Waals surface area (Å²) < 4.78 is 0. The highest BCUT2D eigenvalue weighted by Gasteiger charge is 2.29. The Kier molecular flexibility index (Phi) is 5.50. The summed E-state index contributed by atoms with van der Waals surface area (Å²) in [6.45, 7) is 8.60. The van der Waals surface area contributed by atoms with Gasteiger partial charge < -0.3 is 10.2 Å². The Bertz CT molecular complexity index is 463. The fourth-order valence-corrected chi connectivity index (χ4v) is 3.18. The zero-order valence-corrected chi connectivity index (χ0v) is 14.5. The molecular formula is C17H28ClN3. The highest BCUT2D eigenvalue weighted by Crippen LogP contribution is 2.37. The lowest BCUT2D eigenvalue weighted by Gasteiger charge is -2.39. The van der Waals surface area contributed by atoms with Crippen LogP contribution >= 0.6 is 11.6 Å². The smallest absolute Gasteiger partial charge is 0.128 e. The summed E-state index contributed by atoms with van der Waals surface area (Å²) in [5, 5.41) is 4.08. The van der Waals surface area contributed by atoms with E-state index < -0.39 is 0 Å². The maximum Gasteiger partial charge on any atom is 0.128 e. The average molecular weight is 310 g/mol. The first-order valence-electron chi connectivity index (χ1n) is 8.01. The van der Waals surface area contributed by atoms with Crippen LogP contribution in [0.25, 0.3) is 0 Å². The number of pyridine rings is 1. The van der Waals surface area contributed by atoms with E-state index in [1.807, 2.05) is 0 Å². The second kappa shape index (κ2) is 6.97. The number of nitrogens with one attached hydrogen (secondary N) is 1. The standard InChI is InChI=1S/C17H28ClN3/c1-5-19-11-13-10-16(20-12-15(13)18)21(4)14-6-8-17(2,3)9-7-14/h10,12,14,19H,5-9,11H2,1-4H3. The van der Waals surface area contributed by atoms with Crippen molar-refractivity contribution in [1.29, 1.82) is 0 Å². The van der Waals surface area contributed by atoms with Crippen molar-refractivity contribution in [1.82, 2.24) is 10.3 Å². The fourth-order valence-electron chi connectivity index (χ4n) is 3.01. The number of hydrogen-bond acceptors (Lipinski definition) is 3. The number of hydrogen-bond donors (Lipinski definition) is 1. The summed E-state index contributed by atoms with van der Waals surface area (Å²) in [7, 11) is 2.16. The van der Waals surface area contributed by atoms with Crippen LogP contribution in [0.2, 0.25) is 5.02 Å². The molecule has 21 heavy (non-hydrogen) atoms. The van der Waals surface area contributed by atoms with Gasteiger partial charge in [0.1, 0.15) is 5.82 Å². The number of rotatable bonds is 5. The van der Waals surface area contributed by atoms with E-state index in [4.69, 9.17) is 11.6 Å². The van der Waals surface area contributed by atoms with Crippen LogP contribution in [0, 0.1) is 5.41 Å². The molecule has 1 N–H and O–H groups in total. The molecule has 0 radical (unpaired) electrons. The monoisotopic (exact) mass is 309 g/mol. The van der Waals surface area contributed by atoms with Crippen LogP contribution in [0.15, 0.2) is 12.3 Å². The largest absolute Gasteiger partial charge is 0.357 e. The molecule has 0 amide bonds. The Morgan fingerprint density at radius 3 is 2.67 bits per heavy atom. The summed E-state index contributed by atoms with van der Waals surface area (Å²) in [6, 6.07) is 2.73. The maximum absolute atomic E-state index is 6.24. The molecule has 0 aliphatic heterocycles. The van der Waals surface area contributed by atoms with Crippen molar-refractivity contribution in [3.8, 4) is 0 Å². The van der Waals surface area contributed by atoms with Gasteiger partial charge in [-0.25, -0.2) is 4.98 Å². The van der Waals surface area contributed by atoms with E-state index in [1.54, 1.807) is 6.20 Å². The predicted molar refractivity (Wildman–Crippen MR) is 91.1 cm³/mol. The van der Waals surface area contributed by atoms with Crippen LogP contribution in [0.1, 0.15) is 52.0 Å². The number of aromatic nitrogens is 1. The third kappa shape index (κ3) is 4.33. The molecular weight excluding hydrogens is 282 g/mol. The van der Waals surface area contributed by atoms with E-state index in [-0.39, 0.29) is 0 Å². The molecule has 118 valence electrons. The Balaban J connectivity index is 2.07. The van der Waals surface area contributed by atoms with Gasteiger partial charge in [-0.15, -0.1) is 0 Å². The minimum atomic E-state index is 0.501. The first kappa shape index (κ1) is 16.6. The van der Waals surface area contributed by atoms with Gasteiger partial charge in [0.25, 0.3) is 0 Å². The lowest BCUT2D eigenvalue weighted by atomic mass is 9.75. The Morgan fingerprint density at radius 1 is 1.38 bits per heavy atom. The van der Waals surface area contributed by atoms with Gasteiger partial charge in [-0.3, -0.25) is 0 Å². The Labute approximate surface area is 134 Å². The van der Waals surface area contributed by atoms with Gasteiger partial charge in [0.05, 0.1) is 5.02 Å². The molecule has 2 rings (SSSR count). The molecule has 1 heterocycles. The molecule has 4 heteroatoms. The van der Waals surface area contributed by atoms with Gasteiger partial charge in [0.15, 0.2) is 0 Å². The second-order valence-corrected chi connectivity index (χ2v) is 7.33.